The summed E-state index contributed by atoms with van der Waals surface area (Å²) in [6, 6.07) is 0.0589. The summed E-state index contributed by atoms with van der Waals surface area (Å²) in [4.78, 5) is 24.2. The van der Waals surface area contributed by atoms with Crippen molar-refractivity contribution < 1.29 is 23.1 Å². The van der Waals surface area contributed by atoms with Crippen LogP contribution in [0, 0.1) is 11.3 Å². The number of likely N-dealkylation sites (tertiary alicyclic amines) is 1. The Labute approximate surface area is 202 Å². The predicted molar refractivity (Wildman–Crippen MR) is 129 cm³/mol. The van der Waals surface area contributed by atoms with Crippen LogP contribution in [0.3, 0.4) is 0 Å². The standard InChI is InChI=1S/C23H37N5O5S/c1-4-17(2)34(31,32)27-11-9-26(10-12-27)20-14-25-21(15-24-20)33-16-18-5-8-28(22(29)30)19(13-18)23(3)6-7-23/h14-15,17-19H,4-13,16H2,1-3H3,(H,29,30). The summed E-state index contributed by atoms with van der Waals surface area (Å²) in [6.07, 6.45) is 6.84. The molecule has 11 heteroatoms. The van der Waals surface area contributed by atoms with Crippen molar-refractivity contribution in [3.8, 4) is 5.88 Å². The van der Waals surface area contributed by atoms with E-state index in [1.807, 2.05) is 11.8 Å². The molecule has 1 aromatic heterocycles. The summed E-state index contributed by atoms with van der Waals surface area (Å²) >= 11 is 0. The first-order chi connectivity index (χ1) is 16.1. The van der Waals surface area contributed by atoms with Gasteiger partial charge in [-0.1, -0.05) is 13.8 Å². The average Bonchev–Trinajstić information content (AvgIpc) is 3.60. The number of hydrogen-bond acceptors (Lipinski definition) is 7. The maximum absolute atomic E-state index is 12.6. The fraction of sp³-hybridized carbons (Fsp3) is 0.783. The van der Waals surface area contributed by atoms with Gasteiger partial charge in [-0.2, -0.15) is 4.31 Å². The van der Waals surface area contributed by atoms with E-state index in [0.29, 0.717) is 63.4 Å². The van der Waals surface area contributed by atoms with Gasteiger partial charge in [0.15, 0.2) is 0 Å². The molecule has 3 fully saturated rings. The second-order valence-electron chi connectivity index (χ2n) is 10.2. The molecule has 3 unspecified atom stereocenters. The third kappa shape index (κ3) is 5.25. The number of ether oxygens (including phenoxy) is 1. The summed E-state index contributed by atoms with van der Waals surface area (Å²) in [5.74, 6) is 1.46. The number of carboxylic acid groups (broad SMARTS) is 1. The molecule has 1 amide bonds. The maximum Gasteiger partial charge on any atom is 0.407 e. The molecule has 2 saturated heterocycles. The van der Waals surface area contributed by atoms with Crippen molar-refractivity contribution >= 4 is 21.9 Å². The number of aromatic nitrogens is 2. The van der Waals surface area contributed by atoms with Crippen LogP contribution in [0.5, 0.6) is 5.88 Å². The second kappa shape index (κ2) is 9.85. The number of piperidine rings is 1. The van der Waals surface area contributed by atoms with Crippen molar-refractivity contribution in [3.05, 3.63) is 12.4 Å². The van der Waals surface area contributed by atoms with Crippen LogP contribution in [-0.4, -0.2) is 89.4 Å². The van der Waals surface area contributed by atoms with Gasteiger partial charge in [-0.15, -0.1) is 0 Å². The average molecular weight is 496 g/mol. The van der Waals surface area contributed by atoms with E-state index in [0.717, 1.165) is 25.7 Å². The van der Waals surface area contributed by atoms with Crippen molar-refractivity contribution in [2.45, 2.75) is 64.2 Å². The Morgan fingerprint density at radius 3 is 2.47 bits per heavy atom. The van der Waals surface area contributed by atoms with Gasteiger partial charge < -0.3 is 19.6 Å². The van der Waals surface area contributed by atoms with Crippen molar-refractivity contribution in [2.24, 2.45) is 11.3 Å². The van der Waals surface area contributed by atoms with Gasteiger partial charge in [-0.25, -0.2) is 23.2 Å². The summed E-state index contributed by atoms with van der Waals surface area (Å²) in [5.41, 5.74) is 0.108. The number of carbonyl (C=O) groups is 1. The van der Waals surface area contributed by atoms with E-state index >= 15 is 0 Å². The van der Waals surface area contributed by atoms with Crippen molar-refractivity contribution in [1.29, 1.82) is 0 Å². The van der Waals surface area contributed by atoms with E-state index in [-0.39, 0.29) is 16.7 Å². The molecule has 0 spiro atoms. The second-order valence-corrected chi connectivity index (χ2v) is 12.6. The van der Waals surface area contributed by atoms with Gasteiger partial charge in [-0.3, -0.25) is 0 Å². The lowest BCUT2D eigenvalue weighted by molar-refractivity contribution is 0.0483. The number of nitrogens with zero attached hydrogens (tertiary/aromatic N) is 5. The molecule has 3 atom stereocenters. The molecule has 0 radical (unpaired) electrons. The summed E-state index contributed by atoms with van der Waals surface area (Å²) in [5, 5.41) is 9.19. The predicted octanol–water partition coefficient (Wildman–Crippen LogP) is 2.66. The minimum atomic E-state index is -3.25. The van der Waals surface area contributed by atoms with Crippen LogP contribution >= 0.6 is 0 Å². The number of rotatable bonds is 8. The zero-order valence-electron chi connectivity index (χ0n) is 20.4. The molecule has 3 aliphatic rings. The first-order valence-corrected chi connectivity index (χ1v) is 13.8. The zero-order valence-corrected chi connectivity index (χ0v) is 21.2. The van der Waals surface area contributed by atoms with Crippen LogP contribution in [0.15, 0.2) is 12.4 Å². The van der Waals surface area contributed by atoms with E-state index in [1.54, 1.807) is 28.5 Å². The monoisotopic (exact) mass is 495 g/mol. The van der Waals surface area contributed by atoms with Gasteiger partial charge in [-0.05, 0) is 50.4 Å². The molecule has 1 aromatic rings. The molecule has 1 aliphatic carbocycles. The normalized spacial score (nSPS) is 26.2. The first-order valence-electron chi connectivity index (χ1n) is 12.3. The smallest absolute Gasteiger partial charge is 0.407 e. The highest BCUT2D eigenvalue weighted by Gasteiger charge is 2.50. The van der Waals surface area contributed by atoms with Crippen LogP contribution in [0.4, 0.5) is 10.6 Å². The van der Waals surface area contributed by atoms with E-state index < -0.39 is 16.1 Å². The number of amides is 1. The van der Waals surface area contributed by atoms with Gasteiger partial charge in [0.2, 0.25) is 15.9 Å². The molecule has 190 valence electrons. The number of hydrogen-bond donors (Lipinski definition) is 1. The summed E-state index contributed by atoms with van der Waals surface area (Å²) in [7, 11) is -3.25. The van der Waals surface area contributed by atoms with Crippen LogP contribution in [-0.2, 0) is 10.0 Å². The molecule has 4 rings (SSSR count). The van der Waals surface area contributed by atoms with Crippen molar-refractivity contribution in [1.82, 2.24) is 19.2 Å². The Balaban J connectivity index is 1.27. The Bertz CT molecular complexity index is 960. The third-order valence-electron chi connectivity index (χ3n) is 7.89. The van der Waals surface area contributed by atoms with Crippen LogP contribution in [0.2, 0.25) is 0 Å². The highest BCUT2D eigenvalue weighted by atomic mass is 32.2. The van der Waals surface area contributed by atoms with E-state index in [1.165, 1.54) is 0 Å². The van der Waals surface area contributed by atoms with E-state index in [4.69, 9.17) is 4.74 Å². The Hall–Kier alpha value is -2.14. The maximum atomic E-state index is 12.6. The van der Waals surface area contributed by atoms with Gasteiger partial charge in [0.05, 0.1) is 24.3 Å². The summed E-state index contributed by atoms with van der Waals surface area (Å²) in [6.45, 7) is 8.92. The first kappa shape index (κ1) is 25.0. The molecule has 1 saturated carbocycles. The van der Waals surface area contributed by atoms with Crippen LogP contribution in [0.1, 0.15) is 52.9 Å². The fourth-order valence-corrected chi connectivity index (χ4v) is 6.60. The lowest BCUT2D eigenvalue weighted by Crippen LogP contribution is -2.51. The van der Waals surface area contributed by atoms with Crippen molar-refractivity contribution in [3.63, 3.8) is 0 Å². The SMILES string of the molecule is CCC(C)S(=O)(=O)N1CCN(c2cnc(OCC3CCN(C(=O)O)C(C4(C)CC4)C3)cn2)CC1. The highest BCUT2D eigenvalue weighted by molar-refractivity contribution is 7.89. The minimum Gasteiger partial charge on any atom is -0.476 e. The topological polar surface area (TPSA) is 116 Å². The van der Waals surface area contributed by atoms with Gasteiger partial charge in [0, 0.05) is 38.8 Å². The molecular weight excluding hydrogens is 458 g/mol. The quantitative estimate of drug-likeness (QED) is 0.585. The molecule has 10 nitrogen and oxygen atoms in total. The third-order valence-corrected chi connectivity index (χ3v) is 10.3. The van der Waals surface area contributed by atoms with Crippen LogP contribution in [0.25, 0.3) is 0 Å². The fourth-order valence-electron chi connectivity index (χ4n) is 5.00. The highest BCUT2D eigenvalue weighted by Crippen LogP contribution is 2.53. The molecule has 3 heterocycles. The molecule has 34 heavy (non-hydrogen) atoms. The Kier molecular flexibility index (Phi) is 7.23. The Morgan fingerprint density at radius 2 is 1.91 bits per heavy atom. The largest absolute Gasteiger partial charge is 0.476 e. The zero-order chi connectivity index (χ0) is 24.5. The number of piperazine rings is 1. The van der Waals surface area contributed by atoms with E-state index in [2.05, 4.69) is 16.9 Å². The lowest BCUT2D eigenvalue weighted by Gasteiger charge is -2.41. The molecule has 0 aromatic carbocycles. The van der Waals surface area contributed by atoms with Gasteiger partial charge in [0.1, 0.15) is 5.82 Å². The Morgan fingerprint density at radius 1 is 1.21 bits per heavy atom. The van der Waals surface area contributed by atoms with Crippen molar-refractivity contribution in [2.75, 3.05) is 44.2 Å². The number of sulfonamides is 1. The minimum absolute atomic E-state index is 0.0589. The molecule has 1 N–H and O–H groups in total. The van der Waals surface area contributed by atoms with Gasteiger partial charge in [0.25, 0.3) is 0 Å². The molecule has 2 aliphatic heterocycles. The summed E-state index contributed by atoms with van der Waals surface area (Å²) < 4.78 is 32.6. The molecular formula is C23H37N5O5S. The van der Waals surface area contributed by atoms with Gasteiger partial charge >= 0.3 is 6.09 Å². The lowest BCUT2D eigenvalue weighted by atomic mass is 9.83. The number of anilines is 1. The van der Waals surface area contributed by atoms with E-state index in [9.17, 15) is 18.3 Å². The van der Waals surface area contributed by atoms with Crippen LogP contribution < -0.4 is 9.64 Å². The molecule has 0 bridgehead atoms.